The second-order valence-corrected chi connectivity index (χ2v) is 5.14. The van der Waals surface area contributed by atoms with Gasteiger partial charge in [-0.05, 0) is 48.5 Å². The Morgan fingerprint density at radius 1 is 1.04 bits per heavy atom. The summed E-state index contributed by atoms with van der Waals surface area (Å²) < 4.78 is 18.4. The van der Waals surface area contributed by atoms with E-state index in [0.717, 1.165) is 22.7 Å². The largest absolute Gasteiger partial charge is 0.497 e. The van der Waals surface area contributed by atoms with E-state index in [-0.39, 0.29) is 5.82 Å². The second kappa shape index (κ2) is 5.24. The van der Waals surface area contributed by atoms with Gasteiger partial charge in [-0.25, -0.2) is 9.37 Å². The van der Waals surface area contributed by atoms with Crippen LogP contribution in [0.1, 0.15) is 0 Å². The standard InChI is InChI=1S/C17H13FN4O/c1-23-12-5-2-10(3-6-12)14-9-16(22-21-14)17-19-13-7-4-11(18)8-15(13)20-17/h2-9H,1H3,(H,19,20)(H,21,22). The summed E-state index contributed by atoms with van der Waals surface area (Å²) >= 11 is 0. The molecule has 0 fully saturated rings. The smallest absolute Gasteiger partial charge is 0.156 e. The van der Waals surface area contributed by atoms with Crippen molar-refractivity contribution >= 4 is 11.0 Å². The molecular formula is C17H13FN4O. The fraction of sp³-hybridized carbons (Fsp3) is 0.0588. The highest BCUT2D eigenvalue weighted by atomic mass is 19.1. The maximum atomic E-state index is 13.3. The molecule has 0 bridgehead atoms. The topological polar surface area (TPSA) is 66.6 Å². The van der Waals surface area contributed by atoms with E-state index >= 15 is 0 Å². The average molecular weight is 308 g/mol. The number of fused-ring (bicyclic) bond motifs is 1. The zero-order valence-electron chi connectivity index (χ0n) is 12.3. The van der Waals surface area contributed by atoms with Crippen molar-refractivity contribution in [1.82, 2.24) is 20.2 Å². The van der Waals surface area contributed by atoms with Gasteiger partial charge in [0.1, 0.15) is 17.3 Å². The molecule has 0 saturated carbocycles. The van der Waals surface area contributed by atoms with Crippen LogP contribution in [0, 0.1) is 5.82 Å². The van der Waals surface area contributed by atoms with Crippen molar-refractivity contribution in [3.8, 4) is 28.5 Å². The van der Waals surface area contributed by atoms with Crippen molar-refractivity contribution in [3.05, 3.63) is 54.3 Å². The van der Waals surface area contributed by atoms with Crippen molar-refractivity contribution in [2.24, 2.45) is 0 Å². The van der Waals surface area contributed by atoms with Crippen molar-refractivity contribution in [3.63, 3.8) is 0 Å². The van der Waals surface area contributed by atoms with Crippen molar-refractivity contribution in [2.75, 3.05) is 7.11 Å². The molecule has 0 atom stereocenters. The van der Waals surface area contributed by atoms with Gasteiger partial charge >= 0.3 is 0 Å². The van der Waals surface area contributed by atoms with Crippen LogP contribution in [0.15, 0.2) is 48.5 Å². The first kappa shape index (κ1) is 13.5. The number of nitrogens with zero attached hydrogens (tertiary/aromatic N) is 2. The lowest BCUT2D eigenvalue weighted by molar-refractivity contribution is 0.415. The van der Waals surface area contributed by atoms with Gasteiger partial charge < -0.3 is 9.72 Å². The Morgan fingerprint density at radius 2 is 1.87 bits per heavy atom. The molecule has 5 nitrogen and oxygen atoms in total. The van der Waals surface area contributed by atoms with E-state index in [1.54, 1.807) is 13.2 Å². The minimum atomic E-state index is -0.295. The number of nitrogens with one attached hydrogen (secondary N) is 2. The average Bonchev–Trinajstić information content (AvgIpc) is 3.21. The number of rotatable bonds is 3. The van der Waals surface area contributed by atoms with Crippen LogP contribution in [-0.4, -0.2) is 27.3 Å². The third-order valence-corrected chi connectivity index (χ3v) is 3.66. The number of aromatic nitrogens is 4. The number of methoxy groups -OCH3 is 1. The monoisotopic (exact) mass is 308 g/mol. The molecule has 0 aliphatic rings. The first-order valence-corrected chi connectivity index (χ1v) is 7.08. The molecule has 0 radical (unpaired) electrons. The van der Waals surface area contributed by atoms with E-state index in [4.69, 9.17) is 4.74 Å². The Hall–Kier alpha value is -3.15. The van der Waals surface area contributed by atoms with Gasteiger partial charge in [0.15, 0.2) is 5.82 Å². The highest BCUT2D eigenvalue weighted by Gasteiger charge is 2.10. The number of aromatic amines is 2. The van der Waals surface area contributed by atoms with Gasteiger partial charge in [0.2, 0.25) is 0 Å². The highest BCUT2D eigenvalue weighted by molar-refractivity contribution is 5.79. The highest BCUT2D eigenvalue weighted by Crippen LogP contribution is 2.25. The summed E-state index contributed by atoms with van der Waals surface area (Å²) in [5.74, 6) is 1.12. The molecule has 2 aromatic carbocycles. The minimum Gasteiger partial charge on any atom is -0.497 e. The summed E-state index contributed by atoms with van der Waals surface area (Å²) in [5, 5.41) is 7.26. The fourth-order valence-electron chi connectivity index (χ4n) is 2.46. The van der Waals surface area contributed by atoms with Gasteiger partial charge in [0.25, 0.3) is 0 Å². The van der Waals surface area contributed by atoms with Crippen LogP contribution in [0.5, 0.6) is 5.75 Å². The number of H-pyrrole nitrogens is 2. The van der Waals surface area contributed by atoms with Crippen LogP contribution in [0.25, 0.3) is 33.8 Å². The first-order chi connectivity index (χ1) is 11.2. The van der Waals surface area contributed by atoms with Crippen LogP contribution >= 0.6 is 0 Å². The number of imidazole rings is 1. The zero-order valence-corrected chi connectivity index (χ0v) is 12.3. The van der Waals surface area contributed by atoms with E-state index in [1.807, 2.05) is 30.3 Å². The molecule has 2 N–H and O–H groups in total. The van der Waals surface area contributed by atoms with E-state index in [0.29, 0.717) is 16.9 Å². The quantitative estimate of drug-likeness (QED) is 0.605. The van der Waals surface area contributed by atoms with Crippen molar-refractivity contribution in [1.29, 1.82) is 0 Å². The maximum absolute atomic E-state index is 13.3. The van der Waals surface area contributed by atoms with Gasteiger partial charge in [0.05, 0.1) is 23.8 Å². The van der Waals surface area contributed by atoms with Gasteiger partial charge in [-0.3, -0.25) is 5.10 Å². The molecule has 0 aliphatic carbocycles. The molecule has 0 saturated heterocycles. The van der Waals surface area contributed by atoms with Gasteiger partial charge in [-0.1, -0.05) is 0 Å². The molecule has 0 unspecified atom stereocenters. The Balaban J connectivity index is 1.70. The van der Waals surface area contributed by atoms with Crippen molar-refractivity contribution < 1.29 is 9.13 Å². The molecule has 4 aromatic rings. The molecule has 114 valence electrons. The van der Waals surface area contributed by atoms with Crippen LogP contribution in [0.4, 0.5) is 4.39 Å². The molecule has 2 heterocycles. The molecule has 0 spiro atoms. The zero-order chi connectivity index (χ0) is 15.8. The first-order valence-electron chi connectivity index (χ1n) is 7.08. The molecular weight excluding hydrogens is 295 g/mol. The molecule has 0 aliphatic heterocycles. The van der Waals surface area contributed by atoms with E-state index in [1.165, 1.54) is 12.1 Å². The summed E-state index contributed by atoms with van der Waals surface area (Å²) in [5.41, 5.74) is 3.87. The van der Waals surface area contributed by atoms with Crippen LogP contribution < -0.4 is 4.74 Å². The van der Waals surface area contributed by atoms with Gasteiger partial charge in [0, 0.05) is 5.56 Å². The number of hydrogen-bond donors (Lipinski definition) is 2. The predicted octanol–water partition coefficient (Wildman–Crippen LogP) is 3.77. The van der Waals surface area contributed by atoms with Crippen LogP contribution in [0.3, 0.4) is 0 Å². The number of ether oxygens (including phenoxy) is 1. The van der Waals surface area contributed by atoms with E-state index < -0.39 is 0 Å². The minimum absolute atomic E-state index is 0.295. The van der Waals surface area contributed by atoms with E-state index in [2.05, 4.69) is 20.2 Å². The second-order valence-electron chi connectivity index (χ2n) is 5.14. The molecule has 6 heteroatoms. The third-order valence-electron chi connectivity index (χ3n) is 3.66. The SMILES string of the molecule is COc1ccc(-c2cc(-c3nc4ccc(F)cc4[nH]3)[nH]n2)cc1. The third kappa shape index (κ3) is 2.44. The molecule has 23 heavy (non-hydrogen) atoms. The van der Waals surface area contributed by atoms with Gasteiger partial charge in [-0.15, -0.1) is 0 Å². The molecule has 0 amide bonds. The Labute approximate surface area is 131 Å². The predicted molar refractivity (Wildman–Crippen MR) is 85.6 cm³/mol. The maximum Gasteiger partial charge on any atom is 0.156 e. The van der Waals surface area contributed by atoms with Crippen LogP contribution in [-0.2, 0) is 0 Å². The number of halogens is 1. The summed E-state index contributed by atoms with van der Waals surface area (Å²) in [6.07, 6.45) is 0. The summed E-state index contributed by atoms with van der Waals surface area (Å²) in [4.78, 5) is 7.54. The lowest BCUT2D eigenvalue weighted by Crippen LogP contribution is -1.82. The summed E-state index contributed by atoms with van der Waals surface area (Å²) in [6.45, 7) is 0. The van der Waals surface area contributed by atoms with Gasteiger partial charge in [-0.2, -0.15) is 5.10 Å². The summed E-state index contributed by atoms with van der Waals surface area (Å²) in [6, 6.07) is 14.0. The van der Waals surface area contributed by atoms with E-state index in [9.17, 15) is 4.39 Å². The molecule has 4 rings (SSSR count). The lowest BCUT2D eigenvalue weighted by atomic mass is 10.1. The lowest BCUT2D eigenvalue weighted by Gasteiger charge is -1.99. The number of hydrogen-bond acceptors (Lipinski definition) is 3. The van der Waals surface area contributed by atoms with Crippen molar-refractivity contribution in [2.45, 2.75) is 0 Å². The Morgan fingerprint density at radius 3 is 2.65 bits per heavy atom. The Bertz CT molecular complexity index is 972. The normalized spacial score (nSPS) is 11.0. The molecule has 2 aromatic heterocycles. The number of benzene rings is 2. The summed E-state index contributed by atoms with van der Waals surface area (Å²) in [7, 11) is 1.63. The Kier molecular flexibility index (Phi) is 3.08. The van der Waals surface area contributed by atoms with Crippen LogP contribution in [0.2, 0.25) is 0 Å². The fourth-order valence-corrected chi connectivity index (χ4v) is 2.46.